The van der Waals surface area contributed by atoms with Gasteiger partial charge in [-0.3, -0.25) is 4.79 Å². The lowest BCUT2D eigenvalue weighted by Crippen LogP contribution is -2.65. The Balaban J connectivity index is 1.28. The highest BCUT2D eigenvalue weighted by molar-refractivity contribution is 6.46. The lowest BCUT2D eigenvalue weighted by molar-refractivity contribution is -0.141. The number of fused-ring (bicyclic) bond motifs is 5. The monoisotopic (exact) mass is 629 g/mol. The van der Waals surface area contributed by atoms with E-state index in [1.54, 1.807) is 0 Å². The topological polar surface area (TPSA) is 99.4 Å². The summed E-state index contributed by atoms with van der Waals surface area (Å²) in [6.45, 7) is 12.4. The van der Waals surface area contributed by atoms with Gasteiger partial charge in [0.25, 0.3) is 0 Å². The van der Waals surface area contributed by atoms with Crippen LogP contribution in [-0.2, 0) is 4.79 Å². The van der Waals surface area contributed by atoms with Gasteiger partial charge < -0.3 is 26.8 Å². The Labute approximate surface area is 287 Å². The fourth-order valence-electron chi connectivity index (χ4n) is 11.3. The second-order valence-corrected chi connectivity index (χ2v) is 16.7. The highest BCUT2D eigenvalue weighted by Gasteiger charge is 2.64. The van der Waals surface area contributed by atoms with E-state index in [9.17, 15) is 9.90 Å². The number of carbonyl (C=O) groups is 1. The Morgan fingerprint density at radius 3 is 2.15 bits per heavy atom. The average Bonchev–Trinajstić information content (AvgIpc) is 3.32. The second-order valence-electron chi connectivity index (χ2n) is 16.7. The summed E-state index contributed by atoms with van der Waals surface area (Å²) in [5.41, 5.74) is 5.85. The number of hydrogen-bond acceptors (Lipinski definition) is 5. The molecule has 0 aromatic carbocycles. The zero-order valence-electron chi connectivity index (χ0n) is 29.6. The van der Waals surface area contributed by atoms with E-state index in [0.29, 0.717) is 17.3 Å². The van der Waals surface area contributed by atoms with Crippen LogP contribution in [0.5, 0.6) is 0 Å². The fraction of sp³-hybridized carbons (Fsp3) is 0.972. The Bertz CT molecular complexity index is 972. The average molecular weight is 628 g/mol. The van der Waals surface area contributed by atoms with Gasteiger partial charge in [-0.15, -0.1) is 0 Å². The quantitative estimate of drug-likeness (QED) is 0.105. The summed E-state index contributed by atoms with van der Waals surface area (Å²) in [5, 5.41) is 18.0. The predicted octanol–water partition coefficient (Wildman–Crippen LogP) is 4.71. The van der Waals surface area contributed by atoms with Crippen LogP contribution in [0.2, 0.25) is 10.4 Å². The highest BCUT2D eigenvalue weighted by atomic mass is 16.4. The molecule has 0 heterocycles. The number of aliphatic carboxylic acids is 1. The molecule has 4 rings (SSSR count). The van der Waals surface area contributed by atoms with Crippen LogP contribution in [0, 0.1) is 46.3 Å². The molecule has 4 saturated carbocycles. The van der Waals surface area contributed by atoms with Crippen LogP contribution in [0.25, 0.3) is 0 Å². The number of rotatable bonds is 19. The van der Waals surface area contributed by atoms with E-state index >= 15 is 0 Å². The maximum atomic E-state index is 11.2. The van der Waals surface area contributed by atoms with Crippen LogP contribution in [0.3, 0.4) is 0 Å². The maximum Gasteiger partial charge on any atom is 0.306 e. The summed E-state index contributed by atoms with van der Waals surface area (Å²) in [7, 11) is 28.3. The molecule has 0 spiro atoms. The summed E-state index contributed by atoms with van der Waals surface area (Å²) in [6.07, 6.45) is 16.6. The first kappa shape index (κ1) is 38.4. The van der Waals surface area contributed by atoms with E-state index in [0.717, 1.165) is 102 Å². The van der Waals surface area contributed by atoms with Gasteiger partial charge >= 0.3 is 5.97 Å². The van der Waals surface area contributed by atoms with Gasteiger partial charge in [-0.1, -0.05) is 56.9 Å². The van der Waals surface area contributed by atoms with Crippen LogP contribution in [-0.4, -0.2) is 87.8 Å². The Kier molecular flexibility index (Phi) is 13.8. The molecule has 0 amide bonds. The van der Waals surface area contributed by atoms with E-state index < -0.39 is 16.4 Å². The standard InChI is InChI=1S/C36H64B4N4O2/c1-25(31(45)46)10-4-5-11-26-12-14-28-27-13-15-30-34(3,29(27)16-17-33(26,28)2)24-35(37,38)32(36(30,39)40)44-23-9-22-43-20-7-6-19-42-21-8-18-41/h25-30,32,42-44H,4-24,41H2,1-3H3,(H,45,46). The van der Waals surface area contributed by atoms with Crippen molar-refractivity contribution in [3.05, 3.63) is 0 Å². The molecule has 6 N–H and O–H groups in total. The van der Waals surface area contributed by atoms with Gasteiger partial charge in [0.2, 0.25) is 0 Å². The Morgan fingerprint density at radius 2 is 1.48 bits per heavy atom. The molecule has 252 valence electrons. The first-order chi connectivity index (χ1) is 21.8. The van der Waals surface area contributed by atoms with Crippen LogP contribution in [0.15, 0.2) is 0 Å². The highest BCUT2D eigenvalue weighted by Crippen LogP contribution is 2.72. The number of nitrogens with two attached hydrogens (primary N) is 1. The van der Waals surface area contributed by atoms with Crippen molar-refractivity contribution >= 4 is 37.4 Å². The lowest BCUT2D eigenvalue weighted by atomic mass is 9.24. The summed E-state index contributed by atoms with van der Waals surface area (Å²) in [4.78, 5) is 11.2. The van der Waals surface area contributed by atoms with Crippen LogP contribution >= 0.6 is 0 Å². The number of nitrogens with one attached hydrogen (secondary N) is 3. The lowest BCUT2D eigenvalue weighted by Gasteiger charge is -2.70. The minimum absolute atomic E-state index is 0.0682. The van der Waals surface area contributed by atoms with Crippen molar-refractivity contribution in [2.75, 3.05) is 39.3 Å². The second kappa shape index (κ2) is 16.5. The van der Waals surface area contributed by atoms with Crippen molar-refractivity contribution in [2.45, 2.75) is 134 Å². The van der Waals surface area contributed by atoms with E-state index in [1.807, 2.05) is 6.92 Å². The number of carboxylic acids is 1. The van der Waals surface area contributed by atoms with Crippen molar-refractivity contribution in [3.8, 4) is 0 Å². The predicted molar refractivity (Wildman–Crippen MR) is 195 cm³/mol. The van der Waals surface area contributed by atoms with E-state index in [-0.39, 0.29) is 23.3 Å². The molecule has 8 radical (unpaired) electrons. The molecule has 4 aliphatic carbocycles. The largest absolute Gasteiger partial charge is 0.481 e. The Morgan fingerprint density at radius 1 is 0.826 bits per heavy atom. The normalized spacial score (nSPS) is 36.8. The van der Waals surface area contributed by atoms with Crippen molar-refractivity contribution in [1.82, 2.24) is 16.0 Å². The molecule has 0 aliphatic heterocycles. The zero-order chi connectivity index (χ0) is 33.6. The fourth-order valence-corrected chi connectivity index (χ4v) is 11.3. The Hall–Kier alpha value is -0.430. The molecule has 9 unspecified atom stereocenters. The maximum absolute atomic E-state index is 11.2. The molecule has 4 fully saturated rings. The minimum Gasteiger partial charge on any atom is -0.481 e. The van der Waals surface area contributed by atoms with Gasteiger partial charge in [-0.05, 0) is 156 Å². The molecule has 10 heteroatoms. The van der Waals surface area contributed by atoms with Gasteiger partial charge in [0.15, 0.2) is 0 Å². The molecule has 4 aliphatic rings. The molecule has 0 aromatic rings. The summed E-state index contributed by atoms with van der Waals surface area (Å²) in [5.74, 6) is 1.99. The summed E-state index contributed by atoms with van der Waals surface area (Å²) >= 11 is 0. The first-order valence-corrected chi connectivity index (χ1v) is 19.0. The van der Waals surface area contributed by atoms with Crippen molar-refractivity contribution in [3.63, 3.8) is 0 Å². The smallest absolute Gasteiger partial charge is 0.306 e. The third-order valence-corrected chi connectivity index (χ3v) is 13.6. The third-order valence-electron chi connectivity index (χ3n) is 13.6. The van der Waals surface area contributed by atoms with E-state index in [4.69, 9.17) is 37.1 Å². The summed E-state index contributed by atoms with van der Waals surface area (Å²) in [6, 6.07) is -0.331. The van der Waals surface area contributed by atoms with Crippen LogP contribution in [0.1, 0.15) is 117 Å². The van der Waals surface area contributed by atoms with E-state index in [2.05, 4.69) is 29.8 Å². The SMILES string of the molecule is [B]C1([B])CC2(C)C3CCC4(C)C(CCCCC(C)C(=O)O)CCC4C3CCC2C([B])([B])C1NCCCNCCCCNCCCN. The molecule has 0 aromatic heterocycles. The minimum atomic E-state index is -0.965. The molecule has 6 nitrogen and oxygen atoms in total. The van der Waals surface area contributed by atoms with Crippen molar-refractivity contribution in [1.29, 1.82) is 0 Å². The van der Waals surface area contributed by atoms with Gasteiger partial charge in [0, 0.05) is 0 Å². The van der Waals surface area contributed by atoms with Gasteiger partial charge in [0.1, 0.15) is 0 Å². The number of carboxylic acid groups (broad SMARTS) is 1. The van der Waals surface area contributed by atoms with Crippen LogP contribution < -0.4 is 21.7 Å². The van der Waals surface area contributed by atoms with Gasteiger partial charge in [0.05, 0.1) is 37.3 Å². The zero-order valence-corrected chi connectivity index (χ0v) is 29.6. The van der Waals surface area contributed by atoms with Crippen molar-refractivity contribution in [2.24, 2.45) is 52.1 Å². The van der Waals surface area contributed by atoms with Crippen molar-refractivity contribution < 1.29 is 9.90 Å². The molecule has 0 bridgehead atoms. The molecule has 46 heavy (non-hydrogen) atoms. The summed E-state index contributed by atoms with van der Waals surface area (Å²) < 4.78 is 0. The number of unbranched alkanes of at least 4 members (excludes halogenated alkanes) is 2. The van der Waals surface area contributed by atoms with Crippen LogP contribution in [0.4, 0.5) is 0 Å². The molecule has 9 atom stereocenters. The molecule has 0 saturated heterocycles. The third kappa shape index (κ3) is 8.47. The molecular weight excluding hydrogens is 564 g/mol. The number of hydrogen-bond donors (Lipinski definition) is 5. The first-order valence-electron chi connectivity index (χ1n) is 19.0. The molecular formula is C36H64B4N4O2. The van der Waals surface area contributed by atoms with Gasteiger partial charge in [-0.2, -0.15) is 0 Å². The van der Waals surface area contributed by atoms with E-state index in [1.165, 1.54) is 44.9 Å². The van der Waals surface area contributed by atoms with Gasteiger partial charge in [-0.25, -0.2) is 0 Å².